The number of hydrogen-bond donors (Lipinski definition) is 0. The first-order chi connectivity index (χ1) is 10.8. The van der Waals surface area contributed by atoms with Gasteiger partial charge in [0.2, 0.25) is 5.89 Å². The first kappa shape index (κ1) is 14.5. The number of rotatable bonds is 5. The number of aryl methyl sites for hydroxylation is 1. The zero-order valence-corrected chi connectivity index (χ0v) is 12.5. The van der Waals surface area contributed by atoms with Crippen molar-refractivity contribution >= 4 is 0 Å². The van der Waals surface area contributed by atoms with Crippen LogP contribution < -0.4 is 4.74 Å². The lowest BCUT2D eigenvalue weighted by Crippen LogP contribution is -2.26. The summed E-state index contributed by atoms with van der Waals surface area (Å²) in [4.78, 5) is 6.62. The Morgan fingerprint density at radius 3 is 3.09 bits per heavy atom. The fraction of sp³-hybridized carbons (Fsp3) is 0.438. The van der Waals surface area contributed by atoms with E-state index in [9.17, 15) is 0 Å². The molecule has 0 spiro atoms. The Labute approximate surface area is 129 Å². The summed E-state index contributed by atoms with van der Waals surface area (Å²) in [6.07, 6.45) is 1.02. The van der Waals surface area contributed by atoms with Gasteiger partial charge in [-0.1, -0.05) is 17.3 Å². The molecule has 0 aliphatic carbocycles. The van der Waals surface area contributed by atoms with Crippen LogP contribution in [0, 0.1) is 18.3 Å². The van der Waals surface area contributed by atoms with Gasteiger partial charge in [-0.25, -0.2) is 0 Å². The summed E-state index contributed by atoms with van der Waals surface area (Å²) < 4.78 is 11.0. The average molecular weight is 298 g/mol. The van der Waals surface area contributed by atoms with E-state index in [1.807, 2.05) is 25.1 Å². The number of nitriles is 1. The number of ether oxygens (including phenoxy) is 1. The third-order valence-electron chi connectivity index (χ3n) is 3.84. The van der Waals surface area contributed by atoms with Gasteiger partial charge in [0.1, 0.15) is 18.4 Å². The highest BCUT2D eigenvalue weighted by atomic mass is 16.5. The van der Waals surface area contributed by atoms with Gasteiger partial charge >= 0.3 is 0 Å². The molecule has 1 aromatic carbocycles. The third-order valence-corrected chi connectivity index (χ3v) is 3.84. The Kier molecular flexibility index (Phi) is 4.35. The summed E-state index contributed by atoms with van der Waals surface area (Å²) in [5.41, 5.74) is 0.572. The van der Waals surface area contributed by atoms with E-state index >= 15 is 0 Å². The Balaban J connectivity index is 1.48. The number of aromatic nitrogens is 2. The zero-order chi connectivity index (χ0) is 15.4. The first-order valence-corrected chi connectivity index (χ1v) is 7.41. The molecule has 1 unspecified atom stereocenters. The Morgan fingerprint density at radius 1 is 1.45 bits per heavy atom. The second-order valence-corrected chi connectivity index (χ2v) is 5.42. The summed E-state index contributed by atoms with van der Waals surface area (Å²) in [6.45, 7) is 5.12. The molecule has 2 aromatic rings. The molecule has 114 valence electrons. The van der Waals surface area contributed by atoms with Crippen molar-refractivity contribution in [1.29, 1.82) is 5.26 Å². The molecule has 0 amide bonds. The maximum Gasteiger partial charge on any atom is 0.231 e. The molecule has 2 heterocycles. The zero-order valence-electron chi connectivity index (χ0n) is 12.5. The van der Waals surface area contributed by atoms with Crippen LogP contribution in [-0.4, -0.2) is 41.3 Å². The molecule has 22 heavy (non-hydrogen) atoms. The summed E-state index contributed by atoms with van der Waals surface area (Å²) in [5, 5.41) is 12.9. The molecular formula is C16H18N4O2. The van der Waals surface area contributed by atoms with Crippen LogP contribution in [0.1, 0.15) is 29.6 Å². The lowest BCUT2D eigenvalue weighted by molar-refractivity contribution is 0.233. The highest BCUT2D eigenvalue weighted by Gasteiger charge is 2.27. The van der Waals surface area contributed by atoms with E-state index in [-0.39, 0.29) is 0 Å². The topological polar surface area (TPSA) is 75.2 Å². The lowest BCUT2D eigenvalue weighted by Gasteiger charge is -2.16. The first-order valence-electron chi connectivity index (χ1n) is 7.41. The molecule has 1 aromatic heterocycles. The van der Waals surface area contributed by atoms with Gasteiger partial charge < -0.3 is 9.26 Å². The lowest BCUT2D eigenvalue weighted by atomic mass is 10.1. The SMILES string of the molecule is Cc1noc(C2CCN(CCOc3ccccc3C#N)C2)n1. The minimum atomic E-state index is 0.313. The normalized spacial score (nSPS) is 18.3. The van der Waals surface area contributed by atoms with E-state index in [2.05, 4.69) is 21.1 Å². The van der Waals surface area contributed by atoms with Crippen molar-refractivity contribution < 1.29 is 9.26 Å². The second-order valence-electron chi connectivity index (χ2n) is 5.42. The molecule has 0 radical (unpaired) electrons. The van der Waals surface area contributed by atoms with Crippen molar-refractivity contribution in [2.24, 2.45) is 0 Å². The predicted octanol–water partition coefficient (Wildman–Crippen LogP) is 2.12. The Bertz CT molecular complexity index is 677. The molecule has 1 fully saturated rings. The van der Waals surface area contributed by atoms with Crippen molar-refractivity contribution in [3.63, 3.8) is 0 Å². The minimum absolute atomic E-state index is 0.313. The van der Waals surface area contributed by atoms with Gasteiger partial charge in [-0.05, 0) is 32.0 Å². The van der Waals surface area contributed by atoms with E-state index < -0.39 is 0 Å². The standard InChI is InChI=1S/C16H18N4O2/c1-12-18-16(22-19-12)14-6-7-20(11-14)8-9-21-15-5-3-2-4-13(15)10-17/h2-5,14H,6-9,11H2,1H3. The summed E-state index contributed by atoms with van der Waals surface area (Å²) in [6, 6.07) is 9.44. The molecule has 0 bridgehead atoms. The number of likely N-dealkylation sites (tertiary alicyclic amines) is 1. The van der Waals surface area contributed by atoms with Crippen molar-refractivity contribution in [1.82, 2.24) is 15.0 Å². The van der Waals surface area contributed by atoms with Crippen LogP contribution in [-0.2, 0) is 0 Å². The maximum atomic E-state index is 9.03. The van der Waals surface area contributed by atoms with Gasteiger partial charge in [0.15, 0.2) is 5.82 Å². The van der Waals surface area contributed by atoms with Gasteiger partial charge in [-0.3, -0.25) is 4.90 Å². The van der Waals surface area contributed by atoms with Crippen molar-refractivity contribution in [2.45, 2.75) is 19.3 Å². The van der Waals surface area contributed by atoms with Crippen LogP contribution in [0.3, 0.4) is 0 Å². The van der Waals surface area contributed by atoms with E-state index in [0.29, 0.717) is 29.7 Å². The Hall–Kier alpha value is -2.39. The number of para-hydroxylation sites is 1. The summed E-state index contributed by atoms with van der Waals surface area (Å²) in [7, 11) is 0. The highest BCUT2D eigenvalue weighted by molar-refractivity contribution is 5.42. The quantitative estimate of drug-likeness (QED) is 0.841. The van der Waals surface area contributed by atoms with Crippen LogP contribution in [0.25, 0.3) is 0 Å². The molecule has 1 atom stereocenters. The minimum Gasteiger partial charge on any atom is -0.491 e. The van der Waals surface area contributed by atoms with E-state index in [1.54, 1.807) is 6.07 Å². The molecule has 0 saturated carbocycles. The van der Waals surface area contributed by atoms with Crippen molar-refractivity contribution in [3.05, 3.63) is 41.5 Å². The monoisotopic (exact) mass is 298 g/mol. The van der Waals surface area contributed by atoms with Gasteiger partial charge in [-0.15, -0.1) is 0 Å². The summed E-state index contributed by atoms with van der Waals surface area (Å²) >= 11 is 0. The second kappa shape index (κ2) is 6.58. The van der Waals surface area contributed by atoms with Gasteiger partial charge in [0, 0.05) is 13.1 Å². The molecule has 0 N–H and O–H groups in total. The smallest absolute Gasteiger partial charge is 0.231 e. The van der Waals surface area contributed by atoms with Crippen molar-refractivity contribution in [3.8, 4) is 11.8 Å². The Morgan fingerprint density at radius 2 is 2.32 bits per heavy atom. The van der Waals surface area contributed by atoms with Crippen LogP contribution in [0.4, 0.5) is 0 Å². The third kappa shape index (κ3) is 3.26. The highest BCUT2D eigenvalue weighted by Crippen LogP contribution is 2.25. The van der Waals surface area contributed by atoms with Crippen LogP contribution in [0.5, 0.6) is 5.75 Å². The molecule has 1 saturated heterocycles. The fourth-order valence-corrected chi connectivity index (χ4v) is 2.69. The maximum absolute atomic E-state index is 9.03. The fourth-order valence-electron chi connectivity index (χ4n) is 2.69. The molecular weight excluding hydrogens is 280 g/mol. The average Bonchev–Trinajstić information content (AvgIpc) is 3.17. The van der Waals surface area contributed by atoms with Gasteiger partial charge in [0.25, 0.3) is 0 Å². The number of benzene rings is 1. The van der Waals surface area contributed by atoms with Crippen LogP contribution in [0.15, 0.2) is 28.8 Å². The number of nitrogens with zero attached hydrogens (tertiary/aromatic N) is 4. The largest absolute Gasteiger partial charge is 0.491 e. The van der Waals surface area contributed by atoms with E-state index in [0.717, 1.165) is 31.9 Å². The van der Waals surface area contributed by atoms with E-state index in [1.165, 1.54) is 0 Å². The van der Waals surface area contributed by atoms with Gasteiger partial charge in [0.05, 0.1) is 11.5 Å². The van der Waals surface area contributed by atoms with Gasteiger partial charge in [-0.2, -0.15) is 10.2 Å². The van der Waals surface area contributed by atoms with Crippen molar-refractivity contribution in [2.75, 3.05) is 26.2 Å². The molecule has 1 aliphatic rings. The molecule has 1 aliphatic heterocycles. The summed E-state index contributed by atoms with van der Waals surface area (Å²) in [5.74, 6) is 2.38. The van der Waals surface area contributed by atoms with Crippen LogP contribution in [0.2, 0.25) is 0 Å². The number of hydrogen-bond acceptors (Lipinski definition) is 6. The van der Waals surface area contributed by atoms with E-state index in [4.69, 9.17) is 14.5 Å². The van der Waals surface area contributed by atoms with Crippen LogP contribution >= 0.6 is 0 Å². The molecule has 6 heteroatoms. The molecule has 6 nitrogen and oxygen atoms in total. The predicted molar refractivity (Wildman–Crippen MR) is 79.5 cm³/mol. The molecule has 3 rings (SSSR count).